The number of carbonyl (C=O) groups is 1. The molecule has 0 atom stereocenters. The highest BCUT2D eigenvalue weighted by Gasteiger charge is 2.21. The fourth-order valence-corrected chi connectivity index (χ4v) is 3.76. The van der Waals surface area contributed by atoms with Crippen LogP contribution in [0.3, 0.4) is 0 Å². The van der Waals surface area contributed by atoms with E-state index in [0.717, 1.165) is 0 Å². The maximum atomic E-state index is 12.0. The minimum Gasteiger partial charge on any atom is -0.455 e. The summed E-state index contributed by atoms with van der Waals surface area (Å²) >= 11 is 12.2. The lowest BCUT2D eigenvalue weighted by Gasteiger charge is -2.13. The normalized spacial score (nSPS) is 12.9. The van der Waals surface area contributed by atoms with Gasteiger partial charge in [0.25, 0.3) is 5.91 Å². The molecule has 5 rings (SSSR count). The molecular formula is C22H15Cl2N5O2. The Kier molecular flexibility index (Phi) is 5.05. The van der Waals surface area contributed by atoms with Gasteiger partial charge in [0.15, 0.2) is 5.82 Å². The molecule has 0 saturated carbocycles. The zero-order valence-corrected chi connectivity index (χ0v) is 17.6. The monoisotopic (exact) mass is 451 g/mol. The Morgan fingerprint density at radius 1 is 1.00 bits per heavy atom. The first-order chi connectivity index (χ1) is 15.1. The summed E-state index contributed by atoms with van der Waals surface area (Å²) in [7, 11) is 0. The van der Waals surface area contributed by atoms with Crippen LogP contribution in [0, 0.1) is 0 Å². The van der Waals surface area contributed by atoms with E-state index in [1.807, 2.05) is 24.3 Å². The molecule has 2 aromatic carbocycles. The number of nitrogens with zero attached hydrogens (tertiary/aromatic N) is 4. The zero-order valence-electron chi connectivity index (χ0n) is 16.0. The Morgan fingerprint density at radius 2 is 1.87 bits per heavy atom. The summed E-state index contributed by atoms with van der Waals surface area (Å²) in [5, 5.41) is 8.26. The van der Waals surface area contributed by atoms with E-state index in [2.05, 4.69) is 20.4 Å². The molecule has 0 unspecified atom stereocenters. The number of halogens is 2. The molecule has 0 radical (unpaired) electrons. The lowest BCUT2D eigenvalue weighted by Crippen LogP contribution is -2.35. The lowest BCUT2D eigenvalue weighted by atomic mass is 10.1. The van der Waals surface area contributed by atoms with E-state index in [-0.39, 0.29) is 5.91 Å². The largest absolute Gasteiger partial charge is 0.455 e. The SMILES string of the molecule is O=C1NCCn2nc(-c3ccnc(-c4ccccc4Oc4ccc(Cl)cc4Cl)n3)cc21. The Morgan fingerprint density at radius 3 is 2.71 bits per heavy atom. The molecule has 0 saturated heterocycles. The van der Waals surface area contributed by atoms with Gasteiger partial charge in [0.1, 0.15) is 22.9 Å². The predicted octanol–water partition coefficient (Wildman–Crippen LogP) is 4.85. The average molecular weight is 452 g/mol. The van der Waals surface area contributed by atoms with Crippen molar-refractivity contribution in [1.29, 1.82) is 0 Å². The van der Waals surface area contributed by atoms with Gasteiger partial charge in [-0.05, 0) is 42.5 Å². The highest BCUT2D eigenvalue weighted by molar-refractivity contribution is 6.35. The minimum atomic E-state index is -0.141. The van der Waals surface area contributed by atoms with Crippen molar-refractivity contribution in [2.75, 3.05) is 6.54 Å². The van der Waals surface area contributed by atoms with Gasteiger partial charge in [0, 0.05) is 17.8 Å². The second kappa shape index (κ2) is 8.02. The number of amides is 1. The molecule has 31 heavy (non-hydrogen) atoms. The Balaban J connectivity index is 1.52. The molecule has 0 spiro atoms. The van der Waals surface area contributed by atoms with E-state index >= 15 is 0 Å². The third-order valence-electron chi connectivity index (χ3n) is 4.78. The van der Waals surface area contributed by atoms with Crippen LogP contribution in [-0.2, 0) is 6.54 Å². The maximum absolute atomic E-state index is 12.0. The number of hydrogen-bond acceptors (Lipinski definition) is 5. The molecule has 0 fully saturated rings. The second-order valence-corrected chi connectivity index (χ2v) is 7.68. The zero-order chi connectivity index (χ0) is 21.4. The van der Waals surface area contributed by atoms with Crippen molar-refractivity contribution in [3.8, 4) is 34.3 Å². The average Bonchev–Trinajstić information content (AvgIpc) is 3.22. The van der Waals surface area contributed by atoms with Crippen LogP contribution < -0.4 is 10.1 Å². The van der Waals surface area contributed by atoms with E-state index in [1.165, 1.54) is 0 Å². The first-order valence-corrected chi connectivity index (χ1v) is 10.3. The number of nitrogens with one attached hydrogen (secondary N) is 1. The first kappa shape index (κ1) is 19.5. The Bertz CT molecular complexity index is 1300. The van der Waals surface area contributed by atoms with Crippen LogP contribution in [0.15, 0.2) is 60.8 Å². The highest BCUT2D eigenvalue weighted by Crippen LogP contribution is 2.36. The van der Waals surface area contributed by atoms with Gasteiger partial charge in [-0.25, -0.2) is 9.97 Å². The number of para-hydroxylation sites is 1. The van der Waals surface area contributed by atoms with Crippen LogP contribution >= 0.6 is 23.2 Å². The summed E-state index contributed by atoms with van der Waals surface area (Å²) in [6.07, 6.45) is 1.65. The molecule has 1 aliphatic rings. The van der Waals surface area contributed by atoms with Gasteiger partial charge in [-0.1, -0.05) is 35.3 Å². The quantitative estimate of drug-likeness (QED) is 0.479. The minimum absolute atomic E-state index is 0.141. The summed E-state index contributed by atoms with van der Waals surface area (Å²) in [6, 6.07) is 15.9. The van der Waals surface area contributed by atoms with Gasteiger partial charge < -0.3 is 10.1 Å². The van der Waals surface area contributed by atoms with Crippen LogP contribution in [0.1, 0.15) is 10.5 Å². The molecule has 7 nitrogen and oxygen atoms in total. The molecule has 1 aliphatic heterocycles. The molecule has 1 amide bonds. The number of benzene rings is 2. The molecule has 3 heterocycles. The van der Waals surface area contributed by atoms with Crippen LogP contribution in [0.4, 0.5) is 0 Å². The van der Waals surface area contributed by atoms with Gasteiger partial charge in [-0.15, -0.1) is 0 Å². The van der Waals surface area contributed by atoms with Gasteiger partial charge in [0.2, 0.25) is 0 Å². The predicted molar refractivity (Wildman–Crippen MR) is 118 cm³/mol. The van der Waals surface area contributed by atoms with Crippen molar-refractivity contribution in [2.24, 2.45) is 0 Å². The van der Waals surface area contributed by atoms with Crippen molar-refractivity contribution in [3.05, 3.63) is 76.5 Å². The summed E-state index contributed by atoms with van der Waals surface area (Å²) in [6.45, 7) is 1.18. The topological polar surface area (TPSA) is 81.9 Å². The van der Waals surface area contributed by atoms with Crippen LogP contribution in [0.5, 0.6) is 11.5 Å². The number of aromatic nitrogens is 4. The Labute approximate surface area is 187 Å². The third-order valence-corrected chi connectivity index (χ3v) is 5.31. The van der Waals surface area contributed by atoms with Crippen molar-refractivity contribution >= 4 is 29.1 Å². The van der Waals surface area contributed by atoms with E-state index in [9.17, 15) is 4.79 Å². The van der Waals surface area contributed by atoms with Crippen LogP contribution in [-0.4, -0.2) is 32.2 Å². The lowest BCUT2D eigenvalue weighted by molar-refractivity contribution is 0.0924. The van der Waals surface area contributed by atoms with Gasteiger partial charge >= 0.3 is 0 Å². The first-order valence-electron chi connectivity index (χ1n) is 9.50. The summed E-state index contributed by atoms with van der Waals surface area (Å²) in [5.41, 5.74) is 2.42. The smallest absolute Gasteiger partial charge is 0.269 e. The molecule has 0 bridgehead atoms. The van der Waals surface area contributed by atoms with Gasteiger partial charge in [0.05, 0.1) is 22.8 Å². The number of hydrogen-bond donors (Lipinski definition) is 1. The fourth-order valence-electron chi connectivity index (χ4n) is 3.31. The molecule has 154 valence electrons. The molecule has 1 N–H and O–H groups in total. The molecular weight excluding hydrogens is 437 g/mol. The standard InChI is InChI=1S/C22H15Cl2N5O2/c23-13-5-6-20(15(24)11-13)31-19-4-2-1-3-14(19)21-25-8-7-16(27-21)17-12-18-22(30)26-9-10-29(18)28-17/h1-8,11-12H,9-10H2,(H,26,30). The Hall–Kier alpha value is -3.42. The van der Waals surface area contributed by atoms with E-state index in [1.54, 1.807) is 41.2 Å². The van der Waals surface area contributed by atoms with Crippen molar-refractivity contribution in [1.82, 2.24) is 25.1 Å². The second-order valence-electron chi connectivity index (χ2n) is 6.83. The van der Waals surface area contributed by atoms with Gasteiger partial charge in [-0.3, -0.25) is 9.48 Å². The third kappa shape index (κ3) is 3.85. The number of ether oxygens (including phenoxy) is 1. The van der Waals surface area contributed by atoms with E-state index < -0.39 is 0 Å². The molecule has 9 heteroatoms. The van der Waals surface area contributed by atoms with Crippen LogP contribution in [0.25, 0.3) is 22.8 Å². The maximum Gasteiger partial charge on any atom is 0.269 e. The molecule has 2 aromatic heterocycles. The molecule has 0 aliphatic carbocycles. The number of rotatable bonds is 4. The van der Waals surface area contributed by atoms with Crippen molar-refractivity contribution < 1.29 is 9.53 Å². The molecule has 4 aromatic rings. The number of carbonyl (C=O) groups excluding carboxylic acids is 1. The summed E-state index contributed by atoms with van der Waals surface area (Å²) < 4.78 is 7.72. The fraction of sp³-hybridized carbons (Fsp3) is 0.0909. The summed E-state index contributed by atoms with van der Waals surface area (Å²) in [4.78, 5) is 21.1. The van der Waals surface area contributed by atoms with E-state index in [0.29, 0.717) is 63.1 Å². The highest BCUT2D eigenvalue weighted by atomic mass is 35.5. The summed E-state index contributed by atoms with van der Waals surface area (Å²) in [5.74, 6) is 1.35. The van der Waals surface area contributed by atoms with Crippen molar-refractivity contribution in [3.63, 3.8) is 0 Å². The van der Waals surface area contributed by atoms with E-state index in [4.69, 9.17) is 27.9 Å². The van der Waals surface area contributed by atoms with Gasteiger partial charge in [-0.2, -0.15) is 5.10 Å². The van der Waals surface area contributed by atoms with Crippen molar-refractivity contribution in [2.45, 2.75) is 6.54 Å². The van der Waals surface area contributed by atoms with Crippen LogP contribution in [0.2, 0.25) is 10.0 Å². The number of fused-ring (bicyclic) bond motifs is 1.